The molecule has 106 valence electrons. The first-order valence-electron chi connectivity index (χ1n) is 7.21. The van der Waals surface area contributed by atoms with Gasteiger partial charge in [-0.3, -0.25) is 0 Å². The van der Waals surface area contributed by atoms with Crippen LogP contribution in [0.15, 0.2) is 66.7 Å². The fourth-order valence-electron chi connectivity index (χ4n) is 2.29. The van der Waals surface area contributed by atoms with Gasteiger partial charge in [-0.05, 0) is 19.9 Å². The third-order valence-electron chi connectivity index (χ3n) is 3.23. The Kier molecular flexibility index (Phi) is 3.73. The van der Waals surface area contributed by atoms with E-state index in [0.29, 0.717) is 6.04 Å². The summed E-state index contributed by atoms with van der Waals surface area (Å²) in [5.41, 5.74) is 7.69. The Morgan fingerprint density at radius 1 is 0.857 bits per heavy atom. The predicted octanol–water partition coefficient (Wildman–Crippen LogP) is 4.17. The quantitative estimate of drug-likeness (QED) is 0.775. The lowest BCUT2D eigenvalue weighted by Crippen LogP contribution is -2.24. The van der Waals surface area contributed by atoms with Gasteiger partial charge in [0.2, 0.25) is 0 Å². The van der Waals surface area contributed by atoms with Gasteiger partial charge in [0.15, 0.2) is 0 Å². The molecule has 2 aromatic carbocycles. The summed E-state index contributed by atoms with van der Waals surface area (Å²) in [4.78, 5) is 1.88. The van der Waals surface area contributed by atoms with E-state index in [1.54, 1.807) is 0 Å². The Labute approximate surface area is 125 Å². The average Bonchev–Trinajstić information content (AvgIpc) is 2.92. The molecule has 1 N–H and O–H groups in total. The van der Waals surface area contributed by atoms with Crippen molar-refractivity contribution < 1.29 is 0 Å². The van der Waals surface area contributed by atoms with Gasteiger partial charge in [-0.2, -0.15) is 9.89 Å². The maximum atomic E-state index is 4.70. The molecule has 0 fully saturated rings. The van der Waals surface area contributed by atoms with Crippen molar-refractivity contribution in [2.45, 2.75) is 19.9 Å². The minimum absolute atomic E-state index is 0.316. The predicted molar refractivity (Wildman–Crippen MR) is 87.6 cm³/mol. The number of hydrogen-bond donors (Lipinski definition) is 1. The molecular formula is C18H19N3. The Bertz CT molecular complexity index is 700. The van der Waals surface area contributed by atoms with Gasteiger partial charge >= 0.3 is 0 Å². The highest BCUT2D eigenvalue weighted by Crippen LogP contribution is 2.25. The maximum Gasteiger partial charge on any atom is 0.0950 e. The number of aromatic nitrogens is 2. The van der Waals surface area contributed by atoms with Crippen LogP contribution in [-0.2, 0) is 0 Å². The van der Waals surface area contributed by atoms with Crippen LogP contribution in [0.25, 0.3) is 22.5 Å². The van der Waals surface area contributed by atoms with Crippen LogP contribution >= 0.6 is 0 Å². The van der Waals surface area contributed by atoms with Gasteiger partial charge in [0.05, 0.1) is 11.4 Å². The molecule has 0 aliphatic carbocycles. The van der Waals surface area contributed by atoms with Crippen LogP contribution < -0.4 is 5.43 Å². The maximum absolute atomic E-state index is 4.70. The summed E-state index contributed by atoms with van der Waals surface area (Å²) in [7, 11) is 0. The minimum atomic E-state index is 0.316. The molecule has 3 nitrogen and oxygen atoms in total. The SMILES string of the molecule is CC(C)Nn1nc(-c2ccccc2)cc1-c1ccccc1. The minimum Gasteiger partial charge on any atom is -0.307 e. The fraction of sp³-hybridized carbons (Fsp3) is 0.167. The topological polar surface area (TPSA) is 29.9 Å². The van der Waals surface area contributed by atoms with Crippen molar-refractivity contribution in [3.8, 4) is 22.5 Å². The molecule has 3 heteroatoms. The molecule has 3 aromatic rings. The van der Waals surface area contributed by atoms with E-state index < -0.39 is 0 Å². The number of rotatable bonds is 4. The van der Waals surface area contributed by atoms with Gasteiger partial charge in [0.1, 0.15) is 0 Å². The Balaban J connectivity index is 2.07. The molecule has 0 unspecified atom stereocenters. The van der Waals surface area contributed by atoms with Crippen molar-refractivity contribution in [3.63, 3.8) is 0 Å². The van der Waals surface area contributed by atoms with Crippen LogP contribution in [0.5, 0.6) is 0 Å². The van der Waals surface area contributed by atoms with Gasteiger partial charge in [-0.25, -0.2) is 0 Å². The first-order chi connectivity index (χ1) is 10.2. The Morgan fingerprint density at radius 2 is 1.43 bits per heavy atom. The Morgan fingerprint density at radius 3 is 2.00 bits per heavy atom. The van der Waals surface area contributed by atoms with Crippen molar-refractivity contribution in [2.75, 3.05) is 5.43 Å². The largest absolute Gasteiger partial charge is 0.307 e. The molecule has 0 saturated carbocycles. The van der Waals surface area contributed by atoms with Crippen LogP contribution in [0.2, 0.25) is 0 Å². The van der Waals surface area contributed by atoms with Crippen LogP contribution in [0, 0.1) is 0 Å². The molecule has 1 heterocycles. The van der Waals surface area contributed by atoms with Gasteiger partial charge in [-0.15, -0.1) is 0 Å². The van der Waals surface area contributed by atoms with E-state index in [0.717, 1.165) is 22.5 Å². The molecule has 0 bridgehead atoms. The number of nitrogens with zero attached hydrogens (tertiary/aromatic N) is 2. The van der Waals surface area contributed by atoms with Gasteiger partial charge in [0, 0.05) is 17.2 Å². The lowest BCUT2D eigenvalue weighted by molar-refractivity contribution is 0.675. The van der Waals surface area contributed by atoms with E-state index in [9.17, 15) is 0 Å². The van der Waals surface area contributed by atoms with Crippen molar-refractivity contribution in [2.24, 2.45) is 0 Å². The van der Waals surface area contributed by atoms with Crippen molar-refractivity contribution in [3.05, 3.63) is 66.7 Å². The second kappa shape index (κ2) is 5.83. The highest BCUT2D eigenvalue weighted by molar-refractivity contribution is 5.68. The zero-order chi connectivity index (χ0) is 14.7. The summed E-state index contributed by atoms with van der Waals surface area (Å²) in [5, 5.41) is 4.70. The molecule has 0 spiro atoms. The normalized spacial score (nSPS) is 10.8. The number of benzene rings is 2. The second-order valence-electron chi connectivity index (χ2n) is 5.34. The second-order valence-corrected chi connectivity index (χ2v) is 5.34. The lowest BCUT2D eigenvalue weighted by atomic mass is 10.1. The van der Waals surface area contributed by atoms with E-state index >= 15 is 0 Å². The summed E-state index contributed by atoms with van der Waals surface area (Å²) in [6.45, 7) is 4.22. The fourth-order valence-corrected chi connectivity index (χ4v) is 2.29. The van der Waals surface area contributed by atoms with E-state index in [1.165, 1.54) is 0 Å². The first kappa shape index (κ1) is 13.4. The van der Waals surface area contributed by atoms with Crippen LogP contribution in [-0.4, -0.2) is 15.9 Å². The van der Waals surface area contributed by atoms with E-state index in [4.69, 9.17) is 5.10 Å². The zero-order valence-corrected chi connectivity index (χ0v) is 12.3. The monoisotopic (exact) mass is 277 g/mol. The van der Waals surface area contributed by atoms with Crippen LogP contribution in [0.3, 0.4) is 0 Å². The molecule has 0 aliphatic heterocycles. The molecule has 1 aromatic heterocycles. The first-order valence-corrected chi connectivity index (χ1v) is 7.21. The van der Waals surface area contributed by atoms with Crippen molar-refractivity contribution in [1.29, 1.82) is 0 Å². The molecular weight excluding hydrogens is 258 g/mol. The molecule has 21 heavy (non-hydrogen) atoms. The standard InChI is InChI=1S/C18H19N3/c1-14(2)19-21-18(16-11-7-4-8-12-16)13-17(20-21)15-9-5-3-6-10-15/h3-14,19H,1-2H3. The highest BCUT2D eigenvalue weighted by atomic mass is 15.6. The molecule has 0 amide bonds. The summed E-state index contributed by atoms with van der Waals surface area (Å²) in [6.07, 6.45) is 0. The number of nitrogens with one attached hydrogen (secondary N) is 1. The van der Waals surface area contributed by atoms with E-state index in [1.807, 2.05) is 41.2 Å². The molecule has 0 saturated heterocycles. The van der Waals surface area contributed by atoms with E-state index in [-0.39, 0.29) is 0 Å². The molecule has 0 atom stereocenters. The number of hydrogen-bond acceptors (Lipinski definition) is 2. The molecule has 0 aliphatic rings. The summed E-state index contributed by atoms with van der Waals surface area (Å²) in [5.74, 6) is 0. The summed E-state index contributed by atoms with van der Waals surface area (Å²) < 4.78 is 0. The summed E-state index contributed by atoms with van der Waals surface area (Å²) in [6, 6.07) is 23.0. The van der Waals surface area contributed by atoms with Gasteiger partial charge in [-0.1, -0.05) is 60.7 Å². The van der Waals surface area contributed by atoms with Gasteiger partial charge in [0.25, 0.3) is 0 Å². The molecule has 3 rings (SSSR count). The Hall–Kier alpha value is -2.55. The third kappa shape index (κ3) is 2.97. The lowest BCUT2D eigenvalue weighted by Gasteiger charge is -2.13. The smallest absolute Gasteiger partial charge is 0.0950 e. The third-order valence-corrected chi connectivity index (χ3v) is 3.23. The molecule has 0 radical (unpaired) electrons. The average molecular weight is 277 g/mol. The summed E-state index contributed by atoms with van der Waals surface area (Å²) >= 11 is 0. The van der Waals surface area contributed by atoms with Gasteiger partial charge < -0.3 is 5.43 Å². The van der Waals surface area contributed by atoms with Crippen LogP contribution in [0.1, 0.15) is 13.8 Å². The van der Waals surface area contributed by atoms with E-state index in [2.05, 4.69) is 49.6 Å². The zero-order valence-electron chi connectivity index (χ0n) is 12.3. The van der Waals surface area contributed by atoms with Crippen LogP contribution in [0.4, 0.5) is 0 Å². The van der Waals surface area contributed by atoms with Crippen molar-refractivity contribution >= 4 is 0 Å². The highest BCUT2D eigenvalue weighted by Gasteiger charge is 2.11. The van der Waals surface area contributed by atoms with Crippen molar-refractivity contribution in [1.82, 2.24) is 9.89 Å².